The van der Waals surface area contributed by atoms with Crippen LogP contribution in [-0.2, 0) is 14.3 Å². The molecule has 0 aromatic heterocycles. The van der Waals surface area contributed by atoms with Crippen molar-refractivity contribution in [3.63, 3.8) is 0 Å². The van der Waals surface area contributed by atoms with Crippen molar-refractivity contribution in [3.8, 4) is 0 Å². The lowest BCUT2D eigenvalue weighted by atomic mass is 10.0. The molecule has 476 valence electrons. The molecule has 6 nitrogen and oxygen atoms in total. The van der Waals surface area contributed by atoms with Gasteiger partial charge in [0.05, 0.1) is 25.4 Å². The first kappa shape index (κ1) is 78.6. The van der Waals surface area contributed by atoms with Crippen LogP contribution in [0.25, 0.3) is 0 Å². The third-order valence-electron chi connectivity index (χ3n) is 17.6. The molecule has 0 saturated heterocycles. The van der Waals surface area contributed by atoms with E-state index in [2.05, 4.69) is 19.2 Å². The fourth-order valence-corrected chi connectivity index (χ4v) is 11.9. The van der Waals surface area contributed by atoms with E-state index >= 15 is 0 Å². The van der Waals surface area contributed by atoms with Crippen molar-refractivity contribution in [3.05, 3.63) is 12.2 Å². The van der Waals surface area contributed by atoms with Crippen molar-refractivity contribution in [1.82, 2.24) is 5.32 Å². The quantitative estimate of drug-likeness (QED) is 0.0320. The molecule has 0 fully saturated rings. The Kier molecular flexibility index (Phi) is 68.9. The number of hydrogen-bond donors (Lipinski definition) is 3. The fourth-order valence-electron chi connectivity index (χ4n) is 11.9. The predicted molar refractivity (Wildman–Crippen MR) is 352 cm³/mol. The maximum Gasteiger partial charge on any atom is 0.305 e. The topological polar surface area (TPSA) is 95.9 Å². The first-order valence-electron chi connectivity index (χ1n) is 37.0. The summed E-state index contributed by atoms with van der Waals surface area (Å²) in [5.41, 5.74) is 0. The zero-order valence-corrected chi connectivity index (χ0v) is 54.6. The van der Waals surface area contributed by atoms with Gasteiger partial charge in [0.2, 0.25) is 5.91 Å². The minimum atomic E-state index is -0.840. The second-order valence-corrected chi connectivity index (χ2v) is 25.6. The van der Waals surface area contributed by atoms with E-state index < -0.39 is 12.1 Å². The normalized spacial score (nSPS) is 12.5. The van der Waals surface area contributed by atoms with E-state index in [1.807, 2.05) is 6.08 Å². The van der Waals surface area contributed by atoms with Crippen LogP contribution in [0.1, 0.15) is 425 Å². The summed E-state index contributed by atoms with van der Waals surface area (Å²) in [5, 5.41) is 23.2. The van der Waals surface area contributed by atoms with Crippen LogP contribution < -0.4 is 5.32 Å². The van der Waals surface area contributed by atoms with Crippen LogP contribution >= 0.6 is 0 Å². The molecule has 0 heterocycles. The average Bonchev–Trinajstić information content (AvgIpc) is 3.46. The Labute approximate surface area is 501 Å². The van der Waals surface area contributed by atoms with Crippen LogP contribution in [0.3, 0.4) is 0 Å². The van der Waals surface area contributed by atoms with Gasteiger partial charge in [-0.2, -0.15) is 0 Å². The van der Waals surface area contributed by atoms with E-state index in [0.717, 1.165) is 38.5 Å². The number of unbranched alkanes of at least 4 members (excludes halogenated alkanes) is 59. The smallest absolute Gasteiger partial charge is 0.305 e. The van der Waals surface area contributed by atoms with Crippen LogP contribution in [0.15, 0.2) is 12.2 Å². The van der Waals surface area contributed by atoms with Crippen LogP contribution in [-0.4, -0.2) is 47.4 Å². The molecule has 0 saturated carbocycles. The van der Waals surface area contributed by atoms with E-state index in [9.17, 15) is 19.8 Å². The largest absolute Gasteiger partial charge is 0.466 e. The maximum absolute atomic E-state index is 12.5. The summed E-state index contributed by atoms with van der Waals surface area (Å²) in [6.07, 6.45) is 87.5. The van der Waals surface area contributed by atoms with Gasteiger partial charge in [0.15, 0.2) is 0 Å². The average molecular weight is 1130 g/mol. The van der Waals surface area contributed by atoms with Gasteiger partial charge in [-0.1, -0.05) is 392 Å². The first-order valence-corrected chi connectivity index (χ1v) is 37.0. The Bertz CT molecular complexity index is 1210. The molecule has 0 aliphatic heterocycles. The maximum atomic E-state index is 12.5. The molecule has 6 heteroatoms. The molecule has 0 aliphatic rings. The molecule has 0 rings (SSSR count). The molecule has 0 aromatic rings. The van der Waals surface area contributed by atoms with E-state index in [-0.39, 0.29) is 18.5 Å². The molecule has 0 aliphatic carbocycles. The van der Waals surface area contributed by atoms with Gasteiger partial charge >= 0.3 is 5.97 Å². The van der Waals surface area contributed by atoms with E-state index in [4.69, 9.17) is 4.74 Å². The number of carbonyl (C=O) groups is 2. The highest BCUT2D eigenvalue weighted by molar-refractivity contribution is 5.76. The van der Waals surface area contributed by atoms with Gasteiger partial charge in [-0.05, 0) is 32.1 Å². The van der Waals surface area contributed by atoms with Crippen LogP contribution in [0.2, 0.25) is 0 Å². The van der Waals surface area contributed by atoms with Crippen LogP contribution in [0, 0.1) is 0 Å². The predicted octanol–water partition coefficient (Wildman–Crippen LogP) is 23.9. The molecule has 0 spiro atoms. The summed E-state index contributed by atoms with van der Waals surface area (Å²) in [6.45, 7) is 4.95. The van der Waals surface area contributed by atoms with Crippen LogP contribution in [0.4, 0.5) is 0 Å². The number of rotatable bonds is 70. The zero-order valence-electron chi connectivity index (χ0n) is 54.6. The van der Waals surface area contributed by atoms with Crippen molar-refractivity contribution in [1.29, 1.82) is 0 Å². The number of amides is 1. The van der Waals surface area contributed by atoms with Crippen LogP contribution in [0.5, 0.6) is 0 Å². The number of allylic oxidation sites excluding steroid dienone is 1. The molecule has 3 N–H and O–H groups in total. The van der Waals surface area contributed by atoms with Gasteiger partial charge in [0.25, 0.3) is 0 Å². The highest BCUT2D eigenvalue weighted by atomic mass is 16.5. The van der Waals surface area contributed by atoms with Gasteiger partial charge in [-0.15, -0.1) is 0 Å². The van der Waals surface area contributed by atoms with Crippen molar-refractivity contribution < 1.29 is 24.5 Å². The Morgan fingerprint density at radius 2 is 0.575 bits per heavy atom. The number of esters is 1. The Hall–Kier alpha value is -1.40. The SMILES string of the molecule is CCCCCCCCCCCCCC/C=C/C(O)C(CO)NC(=O)CCCCCCCCCCCCCCCCCCCCCCCCCCCCCCCCCCCOC(=O)CCCCCCCCCCCCCCCCCC. The molecule has 0 radical (unpaired) electrons. The second-order valence-electron chi connectivity index (χ2n) is 25.6. The number of nitrogens with one attached hydrogen (secondary N) is 1. The highest BCUT2D eigenvalue weighted by Gasteiger charge is 2.18. The summed E-state index contributed by atoms with van der Waals surface area (Å²) in [7, 11) is 0. The summed E-state index contributed by atoms with van der Waals surface area (Å²) in [6, 6.07) is -0.623. The minimum absolute atomic E-state index is 0.0259. The molecule has 1 amide bonds. The Morgan fingerprint density at radius 3 is 0.850 bits per heavy atom. The lowest BCUT2D eigenvalue weighted by molar-refractivity contribution is -0.143. The highest BCUT2D eigenvalue weighted by Crippen LogP contribution is 2.20. The lowest BCUT2D eigenvalue weighted by Gasteiger charge is -2.20. The van der Waals surface area contributed by atoms with Crippen molar-refractivity contribution in [2.45, 2.75) is 437 Å². The Balaban J connectivity index is 3.30. The molecular weight excluding hydrogens is 983 g/mol. The molecule has 2 atom stereocenters. The number of hydrogen-bond acceptors (Lipinski definition) is 5. The number of aliphatic hydroxyl groups is 2. The molecular formula is C74H145NO5. The lowest BCUT2D eigenvalue weighted by Crippen LogP contribution is -2.45. The van der Waals surface area contributed by atoms with Gasteiger partial charge in [0, 0.05) is 12.8 Å². The number of carbonyl (C=O) groups excluding carboxylic acids is 2. The fraction of sp³-hybridized carbons (Fsp3) is 0.946. The van der Waals surface area contributed by atoms with Gasteiger partial charge in [-0.25, -0.2) is 0 Å². The van der Waals surface area contributed by atoms with E-state index in [1.165, 1.54) is 360 Å². The third-order valence-corrected chi connectivity index (χ3v) is 17.6. The number of aliphatic hydroxyl groups excluding tert-OH is 2. The van der Waals surface area contributed by atoms with Crippen molar-refractivity contribution >= 4 is 11.9 Å². The number of ether oxygens (including phenoxy) is 1. The van der Waals surface area contributed by atoms with E-state index in [1.54, 1.807) is 6.08 Å². The molecule has 0 bridgehead atoms. The van der Waals surface area contributed by atoms with Gasteiger partial charge in [-0.3, -0.25) is 9.59 Å². The van der Waals surface area contributed by atoms with E-state index in [0.29, 0.717) is 19.4 Å². The van der Waals surface area contributed by atoms with Gasteiger partial charge < -0.3 is 20.3 Å². The standard InChI is InChI=1S/C74H145NO5/c1-3-5-7-9-11-13-15-17-19-40-44-48-52-56-60-64-68-74(79)80-69-65-61-57-53-49-45-41-38-36-34-32-30-28-26-24-22-20-21-23-25-27-29-31-33-35-37-39-43-47-51-55-59-63-67-73(78)75-71(70-76)72(77)66-62-58-54-50-46-42-18-16-14-12-10-8-6-4-2/h62,66,71-72,76-77H,3-61,63-65,67-70H2,1-2H3,(H,75,78)/b66-62+. The summed E-state index contributed by atoms with van der Waals surface area (Å²) in [4.78, 5) is 24.6. The third kappa shape index (κ3) is 65.7. The van der Waals surface area contributed by atoms with Gasteiger partial charge in [0.1, 0.15) is 0 Å². The minimum Gasteiger partial charge on any atom is -0.466 e. The van der Waals surface area contributed by atoms with Crippen molar-refractivity contribution in [2.75, 3.05) is 13.2 Å². The second kappa shape index (κ2) is 70.1. The Morgan fingerprint density at radius 1 is 0.338 bits per heavy atom. The summed E-state index contributed by atoms with van der Waals surface area (Å²) in [5.74, 6) is -0.0346. The zero-order chi connectivity index (χ0) is 57.8. The molecule has 0 aromatic carbocycles. The first-order chi connectivity index (χ1) is 39.5. The van der Waals surface area contributed by atoms with Crippen molar-refractivity contribution in [2.24, 2.45) is 0 Å². The monoisotopic (exact) mass is 1130 g/mol. The molecule has 2 unspecified atom stereocenters. The molecule has 80 heavy (non-hydrogen) atoms. The summed E-state index contributed by atoms with van der Waals surface area (Å²) >= 11 is 0. The summed E-state index contributed by atoms with van der Waals surface area (Å²) < 4.78 is 5.51.